The molecule has 1 heterocycles. The Balaban J connectivity index is 0.00000841. The van der Waals surface area contributed by atoms with Crippen molar-refractivity contribution in [2.45, 2.75) is 77.0 Å². The van der Waals surface area contributed by atoms with Gasteiger partial charge in [0.05, 0.1) is 5.54 Å². The molecule has 8 nitrogen and oxygen atoms in total. The molecule has 0 saturated carbocycles. The van der Waals surface area contributed by atoms with Crippen LogP contribution in [0.4, 0.5) is 4.79 Å². The fourth-order valence-corrected chi connectivity index (χ4v) is 3.50. The number of halogens is 1. The summed E-state index contributed by atoms with van der Waals surface area (Å²) in [5, 5.41) is 9.93. The van der Waals surface area contributed by atoms with Crippen molar-refractivity contribution in [1.82, 2.24) is 20.9 Å². The molecule has 9 heteroatoms. The van der Waals surface area contributed by atoms with Crippen molar-refractivity contribution in [2.24, 2.45) is 4.99 Å². The minimum absolute atomic E-state index is 0. The Bertz CT molecular complexity index is 539. The Kier molecular flexibility index (Phi) is 12.6. The van der Waals surface area contributed by atoms with E-state index in [1.807, 2.05) is 20.8 Å². The smallest absolute Gasteiger partial charge is 0.408 e. The maximum absolute atomic E-state index is 12.3. The lowest BCUT2D eigenvalue weighted by Crippen LogP contribution is -2.60. The van der Waals surface area contributed by atoms with E-state index in [0.717, 1.165) is 51.4 Å². The maximum atomic E-state index is 12.3. The molecular formula is C21H44IN5O3. The van der Waals surface area contributed by atoms with Crippen molar-refractivity contribution in [1.29, 1.82) is 0 Å². The summed E-state index contributed by atoms with van der Waals surface area (Å²) >= 11 is 0. The van der Waals surface area contributed by atoms with E-state index in [9.17, 15) is 4.79 Å². The molecule has 0 bridgehead atoms. The summed E-state index contributed by atoms with van der Waals surface area (Å²) in [6, 6.07) is 0. The summed E-state index contributed by atoms with van der Waals surface area (Å²) in [4.78, 5) is 19.0. The second-order valence-corrected chi connectivity index (χ2v) is 9.12. The van der Waals surface area contributed by atoms with Gasteiger partial charge < -0.3 is 30.3 Å². The Morgan fingerprint density at radius 1 is 1.13 bits per heavy atom. The van der Waals surface area contributed by atoms with Gasteiger partial charge in [-0.2, -0.15) is 0 Å². The summed E-state index contributed by atoms with van der Waals surface area (Å²) in [5.41, 5.74) is -0.873. The van der Waals surface area contributed by atoms with Crippen LogP contribution in [-0.4, -0.2) is 81.1 Å². The molecule has 0 aromatic heterocycles. The molecule has 3 N–H and O–H groups in total. The standard InChI is InChI=1S/C21H43N5O3.HI/c1-9-20(10-2,25-18(27)29-19(3,4)5)15-23-17(22-6)24-16-21(26(7)8)11-13-28-14-12-21;/h9-16H2,1-8H3,(H,25,27)(H2,22,23,24);1H. The zero-order valence-corrected chi connectivity index (χ0v) is 22.5. The minimum Gasteiger partial charge on any atom is -0.444 e. The number of aliphatic imine (C=N–C) groups is 1. The van der Waals surface area contributed by atoms with Gasteiger partial charge in [0.1, 0.15) is 5.60 Å². The first kappa shape index (κ1) is 29.2. The third kappa shape index (κ3) is 9.13. The number of hydrogen-bond acceptors (Lipinski definition) is 5. The Morgan fingerprint density at radius 2 is 1.70 bits per heavy atom. The first-order chi connectivity index (χ1) is 13.5. The second-order valence-electron chi connectivity index (χ2n) is 9.12. The van der Waals surface area contributed by atoms with Gasteiger partial charge in [-0.1, -0.05) is 13.8 Å². The lowest BCUT2D eigenvalue weighted by molar-refractivity contribution is -0.00502. The van der Waals surface area contributed by atoms with E-state index in [2.05, 4.69) is 53.8 Å². The molecule has 0 radical (unpaired) electrons. The summed E-state index contributed by atoms with van der Waals surface area (Å²) in [5.74, 6) is 0.731. The topological polar surface area (TPSA) is 87.2 Å². The lowest BCUT2D eigenvalue weighted by atomic mass is 9.88. The van der Waals surface area contributed by atoms with Crippen LogP contribution in [0.2, 0.25) is 0 Å². The lowest BCUT2D eigenvalue weighted by Gasteiger charge is -2.43. The summed E-state index contributed by atoms with van der Waals surface area (Å²) in [7, 11) is 6.00. The number of likely N-dealkylation sites (N-methyl/N-ethyl adjacent to an activating group) is 1. The average Bonchev–Trinajstić information content (AvgIpc) is 2.66. The molecule has 0 aliphatic carbocycles. The first-order valence-corrected chi connectivity index (χ1v) is 10.7. The maximum Gasteiger partial charge on any atom is 0.408 e. The van der Waals surface area contributed by atoms with Crippen molar-refractivity contribution in [2.75, 3.05) is 47.4 Å². The number of nitrogens with zero attached hydrogens (tertiary/aromatic N) is 2. The quantitative estimate of drug-likeness (QED) is 0.249. The monoisotopic (exact) mass is 541 g/mol. The van der Waals surface area contributed by atoms with Crippen LogP contribution in [0, 0.1) is 0 Å². The summed E-state index contributed by atoms with van der Waals surface area (Å²) in [6.45, 7) is 12.7. The third-order valence-corrected chi connectivity index (χ3v) is 5.89. The number of carbonyl (C=O) groups is 1. The van der Waals surface area contributed by atoms with E-state index >= 15 is 0 Å². The molecule has 0 aromatic carbocycles. The van der Waals surface area contributed by atoms with Crippen LogP contribution in [0.1, 0.15) is 60.3 Å². The number of carbonyl (C=O) groups excluding carboxylic acids is 1. The molecule has 1 rings (SSSR count). The van der Waals surface area contributed by atoms with Crippen molar-refractivity contribution in [3.05, 3.63) is 0 Å². The number of rotatable bonds is 8. The van der Waals surface area contributed by atoms with Gasteiger partial charge in [-0.25, -0.2) is 4.79 Å². The highest BCUT2D eigenvalue weighted by molar-refractivity contribution is 14.0. The number of guanidine groups is 1. The first-order valence-electron chi connectivity index (χ1n) is 10.7. The highest BCUT2D eigenvalue weighted by Crippen LogP contribution is 2.25. The second kappa shape index (κ2) is 12.9. The highest BCUT2D eigenvalue weighted by Gasteiger charge is 2.35. The van der Waals surface area contributed by atoms with Gasteiger partial charge >= 0.3 is 6.09 Å². The fourth-order valence-electron chi connectivity index (χ4n) is 3.50. The van der Waals surface area contributed by atoms with Crippen LogP contribution in [0.25, 0.3) is 0 Å². The highest BCUT2D eigenvalue weighted by atomic mass is 127. The van der Waals surface area contributed by atoms with Gasteiger partial charge in [-0.3, -0.25) is 4.99 Å². The third-order valence-electron chi connectivity index (χ3n) is 5.89. The van der Waals surface area contributed by atoms with Crippen LogP contribution in [0.5, 0.6) is 0 Å². The summed E-state index contributed by atoms with van der Waals surface area (Å²) in [6.07, 6.45) is 3.15. The molecule has 1 saturated heterocycles. The number of alkyl carbamates (subject to hydrolysis) is 1. The number of nitrogens with one attached hydrogen (secondary N) is 3. The van der Waals surface area contributed by atoms with E-state index in [-0.39, 0.29) is 35.6 Å². The number of amides is 1. The van der Waals surface area contributed by atoms with Gasteiger partial charge in [-0.05, 0) is 60.5 Å². The van der Waals surface area contributed by atoms with Crippen LogP contribution >= 0.6 is 24.0 Å². The predicted octanol–water partition coefficient (Wildman–Crippen LogP) is 2.96. The van der Waals surface area contributed by atoms with Gasteiger partial charge in [0.15, 0.2) is 5.96 Å². The van der Waals surface area contributed by atoms with E-state index in [1.54, 1.807) is 7.05 Å². The fraction of sp³-hybridized carbons (Fsp3) is 0.905. The zero-order chi connectivity index (χ0) is 22.1. The van der Waals surface area contributed by atoms with E-state index < -0.39 is 11.1 Å². The largest absolute Gasteiger partial charge is 0.444 e. The van der Waals surface area contributed by atoms with E-state index in [4.69, 9.17) is 9.47 Å². The van der Waals surface area contributed by atoms with Crippen molar-refractivity contribution >= 4 is 36.0 Å². The van der Waals surface area contributed by atoms with E-state index in [0.29, 0.717) is 6.54 Å². The Morgan fingerprint density at radius 3 is 2.13 bits per heavy atom. The van der Waals surface area contributed by atoms with Gasteiger partial charge in [0, 0.05) is 38.9 Å². The number of ether oxygens (including phenoxy) is 2. The molecule has 1 aliphatic heterocycles. The summed E-state index contributed by atoms with van der Waals surface area (Å²) < 4.78 is 11.0. The van der Waals surface area contributed by atoms with Crippen LogP contribution in [-0.2, 0) is 9.47 Å². The molecule has 0 unspecified atom stereocenters. The SMILES string of the molecule is CCC(CC)(CNC(=NC)NCC1(N(C)C)CCOCC1)NC(=O)OC(C)(C)C.I. The minimum atomic E-state index is -0.521. The molecule has 30 heavy (non-hydrogen) atoms. The normalized spacial score (nSPS) is 17.2. The molecule has 1 aliphatic rings. The van der Waals surface area contributed by atoms with Gasteiger partial charge in [0.25, 0.3) is 0 Å². The van der Waals surface area contributed by atoms with E-state index in [1.165, 1.54) is 0 Å². The van der Waals surface area contributed by atoms with Crippen molar-refractivity contribution in [3.8, 4) is 0 Å². The van der Waals surface area contributed by atoms with Crippen LogP contribution in [0.15, 0.2) is 4.99 Å². The predicted molar refractivity (Wildman–Crippen MR) is 134 cm³/mol. The van der Waals surface area contributed by atoms with Gasteiger partial charge in [0.2, 0.25) is 0 Å². The Labute approximate surface area is 200 Å². The van der Waals surface area contributed by atoms with Gasteiger partial charge in [-0.15, -0.1) is 24.0 Å². The molecule has 1 amide bonds. The molecule has 178 valence electrons. The Hall–Kier alpha value is -0.810. The molecular weight excluding hydrogens is 497 g/mol. The van der Waals surface area contributed by atoms with Crippen molar-refractivity contribution < 1.29 is 14.3 Å². The van der Waals surface area contributed by atoms with Crippen LogP contribution in [0.3, 0.4) is 0 Å². The average molecular weight is 542 g/mol. The zero-order valence-electron chi connectivity index (χ0n) is 20.2. The number of hydrogen-bond donors (Lipinski definition) is 3. The molecule has 1 fully saturated rings. The molecule has 0 atom stereocenters. The molecule has 0 spiro atoms. The van der Waals surface area contributed by atoms with Crippen LogP contribution < -0.4 is 16.0 Å². The van der Waals surface area contributed by atoms with Crippen molar-refractivity contribution in [3.63, 3.8) is 0 Å². The molecule has 0 aromatic rings.